The SMILES string of the molecule is CCCC1=C(C(=O)OCC)[C@H](c2cc(Br)ccc2OC)n2c(s/c(=C/c3ccc(OC)c(O)c3)c2=O)=N1. The lowest BCUT2D eigenvalue weighted by atomic mass is 9.93. The summed E-state index contributed by atoms with van der Waals surface area (Å²) in [4.78, 5) is 32.4. The third kappa shape index (κ3) is 5.21. The summed E-state index contributed by atoms with van der Waals surface area (Å²) in [7, 11) is 3.02. The second-order valence-electron chi connectivity index (χ2n) is 8.23. The second kappa shape index (κ2) is 11.4. The number of benzene rings is 2. The average Bonchev–Trinajstić information content (AvgIpc) is 3.18. The number of aromatic hydroxyl groups is 1. The van der Waals surface area contributed by atoms with Crippen molar-refractivity contribution in [2.45, 2.75) is 32.7 Å². The van der Waals surface area contributed by atoms with Gasteiger partial charge in [0.2, 0.25) is 0 Å². The Labute approximate surface area is 226 Å². The van der Waals surface area contributed by atoms with E-state index in [1.165, 1.54) is 29.1 Å². The van der Waals surface area contributed by atoms with E-state index < -0.39 is 12.0 Å². The van der Waals surface area contributed by atoms with Crippen LogP contribution in [0.1, 0.15) is 43.9 Å². The van der Waals surface area contributed by atoms with E-state index >= 15 is 0 Å². The lowest BCUT2D eigenvalue weighted by molar-refractivity contribution is -0.139. The smallest absolute Gasteiger partial charge is 0.338 e. The number of halogens is 1. The molecule has 0 saturated heterocycles. The highest BCUT2D eigenvalue weighted by Gasteiger charge is 2.36. The monoisotopic (exact) mass is 586 g/mol. The van der Waals surface area contributed by atoms with E-state index in [-0.39, 0.29) is 17.9 Å². The van der Waals surface area contributed by atoms with Crippen molar-refractivity contribution in [2.24, 2.45) is 4.99 Å². The number of methoxy groups -OCH3 is 2. The molecular formula is C27H27BrN2O6S. The molecule has 0 fully saturated rings. The first kappa shape index (κ1) is 26.7. The lowest BCUT2D eigenvalue weighted by Crippen LogP contribution is -2.40. The van der Waals surface area contributed by atoms with Gasteiger partial charge in [-0.2, -0.15) is 0 Å². The number of hydrogen-bond acceptors (Lipinski definition) is 8. The molecule has 3 aromatic rings. The Hall–Kier alpha value is -3.37. The maximum Gasteiger partial charge on any atom is 0.338 e. The topological polar surface area (TPSA) is 99.4 Å². The van der Waals surface area contributed by atoms with Crippen LogP contribution < -0.4 is 24.4 Å². The number of rotatable bonds is 8. The van der Waals surface area contributed by atoms with Crippen molar-refractivity contribution >= 4 is 39.3 Å². The van der Waals surface area contributed by atoms with Gasteiger partial charge in [0.1, 0.15) is 11.8 Å². The summed E-state index contributed by atoms with van der Waals surface area (Å²) in [6.07, 6.45) is 2.98. The van der Waals surface area contributed by atoms with Gasteiger partial charge in [-0.25, -0.2) is 9.79 Å². The van der Waals surface area contributed by atoms with Crippen LogP contribution in [0.3, 0.4) is 0 Å². The first-order valence-corrected chi connectivity index (χ1v) is 13.4. The normalized spacial score (nSPS) is 15.3. The highest BCUT2D eigenvalue weighted by molar-refractivity contribution is 9.10. The van der Waals surface area contributed by atoms with E-state index in [1.54, 1.807) is 38.3 Å². The molecule has 0 bridgehead atoms. The van der Waals surface area contributed by atoms with Gasteiger partial charge in [-0.3, -0.25) is 9.36 Å². The first-order chi connectivity index (χ1) is 17.8. The van der Waals surface area contributed by atoms with E-state index in [0.717, 1.165) is 10.9 Å². The number of phenols is 1. The molecule has 10 heteroatoms. The van der Waals surface area contributed by atoms with Crippen molar-refractivity contribution in [1.82, 2.24) is 4.57 Å². The molecule has 1 aliphatic rings. The van der Waals surface area contributed by atoms with Gasteiger partial charge in [0.25, 0.3) is 5.56 Å². The highest BCUT2D eigenvalue weighted by atomic mass is 79.9. The molecule has 0 unspecified atom stereocenters. The quantitative estimate of drug-likeness (QED) is 0.399. The Bertz CT molecular complexity index is 1560. The lowest BCUT2D eigenvalue weighted by Gasteiger charge is -2.27. The van der Waals surface area contributed by atoms with Crippen molar-refractivity contribution in [2.75, 3.05) is 20.8 Å². The number of carbonyl (C=O) groups excluding carboxylic acids is 1. The minimum absolute atomic E-state index is 0.0318. The second-order valence-corrected chi connectivity index (χ2v) is 10.2. The minimum Gasteiger partial charge on any atom is -0.504 e. The van der Waals surface area contributed by atoms with E-state index in [0.29, 0.717) is 49.7 Å². The number of hydrogen-bond donors (Lipinski definition) is 1. The predicted molar refractivity (Wildman–Crippen MR) is 145 cm³/mol. The molecule has 4 rings (SSSR count). The fourth-order valence-corrected chi connectivity index (χ4v) is 5.68. The first-order valence-electron chi connectivity index (χ1n) is 11.7. The van der Waals surface area contributed by atoms with Crippen molar-refractivity contribution < 1.29 is 24.1 Å². The summed E-state index contributed by atoms with van der Waals surface area (Å²) in [5, 5.41) is 10.2. The van der Waals surface area contributed by atoms with E-state index in [4.69, 9.17) is 19.2 Å². The third-order valence-electron chi connectivity index (χ3n) is 5.88. The van der Waals surface area contributed by atoms with Gasteiger partial charge in [0.05, 0.1) is 36.6 Å². The van der Waals surface area contributed by atoms with Gasteiger partial charge in [-0.15, -0.1) is 0 Å². The minimum atomic E-state index is -0.796. The molecule has 1 N–H and O–H groups in total. The molecule has 37 heavy (non-hydrogen) atoms. The molecule has 1 aliphatic heterocycles. The van der Waals surface area contributed by atoms with Crippen molar-refractivity contribution in [1.29, 1.82) is 0 Å². The average molecular weight is 587 g/mol. The standard InChI is InChI=1S/C27H27BrN2O6S/c1-5-7-18-23(26(33)36-6-2)24(17-14-16(28)9-11-20(17)34-3)30-25(32)22(37-27(30)29-18)13-15-8-10-21(35-4)19(31)12-15/h8-14,24,31H,5-7H2,1-4H3/b22-13+/t24-/m0/s1. The van der Waals surface area contributed by atoms with Gasteiger partial charge in [-0.05, 0) is 55.3 Å². The Morgan fingerprint density at radius 3 is 2.54 bits per heavy atom. The van der Waals surface area contributed by atoms with Crippen LogP contribution in [0.2, 0.25) is 0 Å². The third-order valence-corrected chi connectivity index (χ3v) is 7.36. The zero-order valence-electron chi connectivity index (χ0n) is 20.9. The molecule has 0 spiro atoms. The molecule has 0 aliphatic carbocycles. The van der Waals surface area contributed by atoms with E-state index in [1.807, 2.05) is 19.1 Å². The summed E-state index contributed by atoms with van der Waals surface area (Å²) >= 11 is 4.74. The molecular weight excluding hydrogens is 560 g/mol. The number of esters is 1. The number of ether oxygens (including phenoxy) is 3. The summed E-state index contributed by atoms with van der Waals surface area (Å²) < 4.78 is 18.9. The number of allylic oxidation sites excluding steroid dienone is 1. The van der Waals surface area contributed by atoms with Crippen LogP contribution >= 0.6 is 27.3 Å². The molecule has 0 amide bonds. The Balaban J connectivity index is 2.03. The predicted octanol–water partition coefficient (Wildman–Crippen LogP) is 4.06. The number of nitrogens with zero attached hydrogens (tertiary/aromatic N) is 2. The molecule has 194 valence electrons. The molecule has 2 aromatic carbocycles. The Morgan fingerprint density at radius 2 is 1.89 bits per heavy atom. The van der Waals surface area contributed by atoms with E-state index in [9.17, 15) is 14.7 Å². The number of fused-ring (bicyclic) bond motifs is 1. The van der Waals surface area contributed by atoms with Crippen LogP contribution in [0.25, 0.3) is 6.08 Å². The maximum absolute atomic E-state index is 13.9. The van der Waals surface area contributed by atoms with E-state index in [2.05, 4.69) is 15.9 Å². The summed E-state index contributed by atoms with van der Waals surface area (Å²) in [5.74, 6) is 0.317. The Kier molecular flexibility index (Phi) is 8.19. The van der Waals surface area contributed by atoms with Crippen molar-refractivity contribution in [3.8, 4) is 17.2 Å². The van der Waals surface area contributed by atoms with Crippen molar-refractivity contribution in [3.63, 3.8) is 0 Å². The van der Waals surface area contributed by atoms with Gasteiger partial charge < -0.3 is 19.3 Å². The van der Waals surface area contributed by atoms with Gasteiger partial charge in [-0.1, -0.05) is 46.7 Å². The molecule has 0 radical (unpaired) electrons. The summed E-state index contributed by atoms with van der Waals surface area (Å²) in [6, 6.07) is 9.58. The van der Waals surface area contributed by atoms with Crippen LogP contribution in [0.5, 0.6) is 17.2 Å². The maximum atomic E-state index is 13.9. The van der Waals surface area contributed by atoms with Gasteiger partial charge in [0.15, 0.2) is 16.3 Å². The van der Waals surface area contributed by atoms with Crippen LogP contribution in [0.4, 0.5) is 0 Å². The molecule has 2 heterocycles. The fraction of sp³-hybridized carbons (Fsp3) is 0.296. The van der Waals surface area contributed by atoms with Crippen molar-refractivity contribution in [3.05, 3.63) is 83.0 Å². The van der Waals surface area contributed by atoms with Gasteiger partial charge >= 0.3 is 5.97 Å². The number of aromatic nitrogens is 1. The van der Waals surface area contributed by atoms with Crippen LogP contribution in [0.15, 0.2) is 61.9 Å². The van der Waals surface area contributed by atoms with Crippen LogP contribution in [-0.4, -0.2) is 36.5 Å². The number of thiazole rings is 1. The van der Waals surface area contributed by atoms with Gasteiger partial charge in [0, 0.05) is 10.0 Å². The summed E-state index contributed by atoms with van der Waals surface area (Å²) in [6.45, 7) is 3.94. The Morgan fingerprint density at radius 1 is 1.16 bits per heavy atom. The zero-order valence-corrected chi connectivity index (χ0v) is 23.3. The highest BCUT2D eigenvalue weighted by Crippen LogP contribution is 2.38. The molecule has 8 nitrogen and oxygen atoms in total. The van der Waals surface area contributed by atoms with Crippen LogP contribution in [-0.2, 0) is 9.53 Å². The largest absolute Gasteiger partial charge is 0.504 e. The zero-order chi connectivity index (χ0) is 26.7. The number of carbonyl (C=O) groups is 1. The summed E-state index contributed by atoms with van der Waals surface area (Å²) in [5.41, 5.74) is 1.85. The molecule has 1 aromatic heterocycles. The number of phenolic OH excluding ortho intramolecular Hbond substituents is 1. The molecule has 0 saturated carbocycles. The molecule has 1 atom stereocenters. The van der Waals surface area contributed by atoms with Crippen LogP contribution in [0, 0.1) is 0 Å². The fourth-order valence-electron chi connectivity index (χ4n) is 4.28.